The normalized spacial score (nSPS) is 10.8. The van der Waals surface area contributed by atoms with Gasteiger partial charge < -0.3 is 9.67 Å². The van der Waals surface area contributed by atoms with E-state index in [9.17, 15) is 9.18 Å². The minimum absolute atomic E-state index is 0.153. The van der Waals surface area contributed by atoms with E-state index in [0.717, 1.165) is 5.52 Å². The summed E-state index contributed by atoms with van der Waals surface area (Å²) < 4.78 is 14.4. The summed E-state index contributed by atoms with van der Waals surface area (Å²) in [6, 6.07) is 4.93. The number of carboxylic acid groups (broad SMARTS) is 1. The first-order chi connectivity index (χ1) is 7.15. The number of aryl methyl sites for hydroxylation is 1. The van der Waals surface area contributed by atoms with Crippen molar-refractivity contribution in [2.75, 3.05) is 0 Å². The van der Waals surface area contributed by atoms with Crippen molar-refractivity contribution in [3.05, 3.63) is 35.5 Å². The number of rotatable bonds is 2. The lowest BCUT2D eigenvalue weighted by molar-refractivity contribution is 0.0699. The van der Waals surface area contributed by atoms with E-state index in [1.165, 1.54) is 6.07 Å². The molecule has 15 heavy (non-hydrogen) atoms. The van der Waals surface area contributed by atoms with Crippen LogP contribution < -0.4 is 0 Å². The van der Waals surface area contributed by atoms with Crippen molar-refractivity contribution in [3.8, 4) is 0 Å². The molecule has 1 N–H and O–H groups in total. The van der Waals surface area contributed by atoms with E-state index < -0.39 is 12.6 Å². The van der Waals surface area contributed by atoms with Crippen molar-refractivity contribution in [1.29, 1.82) is 0 Å². The Balaban J connectivity index is 2.88. The van der Waals surface area contributed by atoms with Crippen molar-refractivity contribution in [2.24, 2.45) is 7.05 Å². The second kappa shape index (κ2) is 3.38. The van der Waals surface area contributed by atoms with Gasteiger partial charge in [0.15, 0.2) is 0 Å². The number of benzene rings is 1. The van der Waals surface area contributed by atoms with Crippen LogP contribution in [-0.2, 0) is 13.7 Å². The van der Waals surface area contributed by atoms with Gasteiger partial charge in [0.2, 0.25) is 0 Å². The number of hydrogen-bond donors (Lipinski definition) is 1. The van der Waals surface area contributed by atoms with Gasteiger partial charge in [0.05, 0.1) is 5.56 Å². The molecule has 0 aliphatic heterocycles. The highest BCUT2D eigenvalue weighted by atomic mass is 19.1. The predicted molar refractivity (Wildman–Crippen MR) is 54.7 cm³/mol. The van der Waals surface area contributed by atoms with E-state index in [4.69, 9.17) is 5.11 Å². The van der Waals surface area contributed by atoms with Gasteiger partial charge in [-0.1, -0.05) is 6.07 Å². The number of aromatic nitrogens is 1. The van der Waals surface area contributed by atoms with E-state index in [-0.39, 0.29) is 5.56 Å². The van der Waals surface area contributed by atoms with Gasteiger partial charge in [-0.15, -0.1) is 0 Å². The van der Waals surface area contributed by atoms with Gasteiger partial charge in [0.1, 0.15) is 6.67 Å². The molecule has 0 aliphatic rings. The molecule has 1 aromatic carbocycles. The molecule has 2 rings (SSSR count). The standard InChI is InChI=1S/C11H10FNO2/c1-13-6-7(5-12)10-8(11(14)15)3-2-4-9(10)13/h2-4,6H,5H2,1H3,(H,14,15). The van der Waals surface area contributed by atoms with E-state index in [1.54, 1.807) is 29.9 Å². The van der Waals surface area contributed by atoms with E-state index >= 15 is 0 Å². The fourth-order valence-corrected chi connectivity index (χ4v) is 1.82. The van der Waals surface area contributed by atoms with Crippen molar-refractivity contribution in [3.63, 3.8) is 0 Å². The number of carboxylic acids is 1. The molecule has 0 saturated carbocycles. The average Bonchev–Trinajstić information content (AvgIpc) is 2.55. The quantitative estimate of drug-likeness (QED) is 0.821. The molecule has 0 atom stereocenters. The maximum Gasteiger partial charge on any atom is 0.336 e. The number of carbonyl (C=O) groups is 1. The Morgan fingerprint density at radius 3 is 2.87 bits per heavy atom. The SMILES string of the molecule is Cn1cc(CF)c2c(C(=O)O)cccc21. The molecule has 0 bridgehead atoms. The molecular weight excluding hydrogens is 197 g/mol. The van der Waals surface area contributed by atoms with Crippen LogP contribution in [0.25, 0.3) is 10.9 Å². The van der Waals surface area contributed by atoms with Gasteiger partial charge in [0, 0.05) is 29.7 Å². The van der Waals surface area contributed by atoms with Gasteiger partial charge >= 0.3 is 5.97 Å². The van der Waals surface area contributed by atoms with Crippen LogP contribution in [0, 0.1) is 0 Å². The minimum atomic E-state index is -1.03. The van der Waals surface area contributed by atoms with Gasteiger partial charge in [0.25, 0.3) is 0 Å². The predicted octanol–water partition coefficient (Wildman–Crippen LogP) is 2.35. The Hall–Kier alpha value is -1.84. The smallest absolute Gasteiger partial charge is 0.336 e. The molecule has 0 radical (unpaired) electrons. The lowest BCUT2D eigenvalue weighted by Gasteiger charge is -2.00. The summed E-state index contributed by atoms with van der Waals surface area (Å²) in [5, 5.41) is 9.48. The average molecular weight is 207 g/mol. The highest BCUT2D eigenvalue weighted by Crippen LogP contribution is 2.25. The second-order valence-corrected chi connectivity index (χ2v) is 3.40. The molecule has 0 spiro atoms. The van der Waals surface area contributed by atoms with Gasteiger partial charge in [-0.05, 0) is 12.1 Å². The topological polar surface area (TPSA) is 42.2 Å². The Labute approximate surface area is 85.7 Å². The monoisotopic (exact) mass is 207 g/mol. The van der Waals surface area contributed by atoms with Crippen LogP contribution in [-0.4, -0.2) is 15.6 Å². The Morgan fingerprint density at radius 1 is 1.53 bits per heavy atom. The number of fused-ring (bicyclic) bond motifs is 1. The van der Waals surface area contributed by atoms with E-state index in [2.05, 4.69) is 0 Å². The van der Waals surface area contributed by atoms with Crippen molar-refractivity contribution in [1.82, 2.24) is 4.57 Å². The molecule has 4 heteroatoms. The van der Waals surface area contributed by atoms with Crippen LogP contribution in [0.15, 0.2) is 24.4 Å². The molecule has 0 aliphatic carbocycles. The molecule has 0 fully saturated rings. The Bertz CT molecular complexity index is 531. The Kier molecular flexibility index (Phi) is 2.19. The fraction of sp³-hybridized carbons (Fsp3) is 0.182. The molecule has 1 heterocycles. The summed E-state index contributed by atoms with van der Waals surface area (Å²) in [5.74, 6) is -1.03. The summed E-state index contributed by atoms with van der Waals surface area (Å²) in [6.07, 6.45) is 1.62. The van der Waals surface area contributed by atoms with Crippen LogP contribution in [0.2, 0.25) is 0 Å². The minimum Gasteiger partial charge on any atom is -0.478 e. The molecule has 0 saturated heterocycles. The first-order valence-corrected chi connectivity index (χ1v) is 4.51. The summed E-state index contributed by atoms with van der Waals surface area (Å²) in [4.78, 5) is 11.0. The van der Waals surface area contributed by atoms with E-state index in [0.29, 0.717) is 10.9 Å². The third-order valence-electron chi connectivity index (χ3n) is 2.47. The van der Waals surface area contributed by atoms with E-state index in [1.807, 2.05) is 0 Å². The maximum absolute atomic E-state index is 12.7. The third-order valence-corrected chi connectivity index (χ3v) is 2.47. The molecule has 3 nitrogen and oxygen atoms in total. The first kappa shape index (κ1) is 9.71. The van der Waals surface area contributed by atoms with Crippen molar-refractivity contribution >= 4 is 16.9 Å². The number of halogens is 1. The summed E-state index contributed by atoms with van der Waals surface area (Å²) in [7, 11) is 1.77. The van der Waals surface area contributed by atoms with Crippen LogP contribution in [0.1, 0.15) is 15.9 Å². The van der Waals surface area contributed by atoms with Gasteiger partial charge in [-0.25, -0.2) is 9.18 Å². The second-order valence-electron chi connectivity index (χ2n) is 3.40. The number of alkyl halides is 1. The molecule has 2 aromatic rings. The number of nitrogens with zero attached hydrogens (tertiary/aromatic N) is 1. The molecule has 0 unspecified atom stereocenters. The Morgan fingerprint density at radius 2 is 2.27 bits per heavy atom. The highest BCUT2D eigenvalue weighted by molar-refractivity contribution is 6.04. The van der Waals surface area contributed by atoms with Gasteiger partial charge in [-0.3, -0.25) is 0 Å². The lowest BCUT2D eigenvalue weighted by atomic mass is 10.1. The molecule has 1 aromatic heterocycles. The first-order valence-electron chi connectivity index (χ1n) is 4.51. The molecular formula is C11H10FNO2. The zero-order valence-electron chi connectivity index (χ0n) is 8.20. The summed E-state index contributed by atoms with van der Waals surface area (Å²) >= 11 is 0. The third kappa shape index (κ3) is 1.38. The molecule has 0 amide bonds. The zero-order chi connectivity index (χ0) is 11.0. The van der Waals surface area contributed by atoms with Crippen LogP contribution in [0.3, 0.4) is 0 Å². The number of hydrogen-bond acceptors (Lipinski definition) is 1. The van der Waals surface area contributed by atoms with Crippen molar-refractivity contribution < 1.29 is 14.3 Å². The van der Waals surface area contributed by atoms with Gasteiger partial charge in [-0.2, -0.15) is 0 Å². The van der Waals surface area contributed by atoms with Crippen molar-refractivity contribution in [2.45, 2.75) is 6.67 Å². The number of aromatic carboxylic acids is 1. The summed E-state index contributed by atoms with van der Waals surface area (Å²) in [6.45, 7) is -0.651. The molecule has 78 valence electrons. The summed E-state index contributed by atoms with van der Waals surface area (Å²) in [5.41, 5.74) is 1.31. The van der Waals surface area contributed by atoms with Crippen LogP contribution in [0.4, 0.5) is 4.39 Å². The fourth-order valence-electron chi connectivity index (χ4n) is 1.82. The van der Waals surface area contributed by atoms with Crippen LogP contribution >= 0.6 is 0 Å². The lowest BCUT2D eigenvalue weighted by Crippen LogP contribution is -1.97. The maximum atomic E-state index is 12.7. The highest BCUT2D eigenvalue weighted by Gasteiger charge is 2.14. The largest absolute Gasteiger partial charge is 0.478 e. The van der Waals surface area contributed by atoms with Crippen LogP contribution in [0.5, 0.6) is 0 Å². The zero-order valence-corrected chi connectivity index (χ0v) is 8.20.